The lowest BCUT2D eigenvalue weighted by Crippen LogP contribution is -2.18. The third-order valence-electron chi connectivity index (χ3n) is 3.46. The van der Waals surface area contributed by atoms with Gasteiger partial charge in [-0.15, -0.1) is 0 Å². The molecule has 1 aromatic rings. The van der Waals surface area contributed by atoms with Crippen LogP contribution in [0.4, 0.5) is 0 Å². The van der Waals surface area contributed by atoms with Crippen LogP contribution < -0.4 is 0 Å². The molecule has 1 aromatic heterocycles. The van der Waals surface area contributed by atoms with Crippen molar-refractivity contribution >= 4 is 0 Å². The maximum atomic E-state index is 5.40. The SMILES string of the molecule is CC(C)(C)c1cc(CC2CCOCC2)ccn1. The predicted molar refractivity (Wildman–Crippen MR) is 70.2 cm³/mol. The van der Waals surface area contributed by atoms with E-state index in [-0.39, 0.29) is 5.41 Å². The van der Waals surface area contributed by atoms with E-state index in [1.165, 1.54) is 30.5 Å². The van der Waals surface area contributed by atoms with Gasteiger partial charge in [0.15, 0.2) is 0 Å². The quantitative estimate of drug-likeness (QED) is 0.781. The summed E-state index contributed by atoms with van der Waals surface area (Å²) >= 11 is 0. The van der Waals surface area contributed by atoms with Crippen molar-refractivity contribution in [2.45, 2.75) is 45.4 Å². The minimum absolute atomic E-state index is 0.145. The molecule has 94 valence electrons. The molecule has 0 radical (unpaired) electrons. The highest BCUT2D eigenvalue weighted by Crippen LogP contribution is 2.24. The molecule has 0 N–H and O–H groups in total. The van der Waals surface area contributed by atoms with Crippen molar-refractivity contribution < 1.29 is 4.74 Å². The topological polar surface area (TPSA) is 22.1 Å². The monoisotopic (exact) mass is 233 g/mol. The van der Waals surface area contributed by atoms with Gasteiger partial charge in [-0.25, -0.2) is 0 Å². The lowest BCUT2D eigenvalue weighted by Gasteiger charge is -2.23. The van der Waals surface area contributed by atoms with Crippen molar-refractivity contribution in [3.63, 3.8) is 0 Å². The molecule has 0 atom stereocenters. The fourth-order valence-corrected chi connectivity index (χ4v) is 2.30. The lowest BCUT2D eigenvalue weighted by molar-refractivity contribution is 0.0665. The molecular weight excluding hydrogens is 210 g/mol. The van der Waals surface area contributed by atoms with Crippen LogP contribution in [0.25, 0.3) is 0 Å². The summed E-state index contributed by atoms with van der Waals surface area (Å²) < 4.78 is 5.40. The highest BCUT2D eigenvalue weighted by atomic mass is 16.5. The summed E-state index contributed by atoms with van der Waals surface area (Å²) in [4.78, 5) is 4.48. The fourth-order valence-electron chi connectivity index (χ4n) is 2.30. The van der Waals surface area contributed by atoms with Crippen molar-refractivity contribution in [3.8, 4) is 0 Å². The molecule has 2 heterocycles. The normalized spacial score (nSPS) is 18.3. The van der Waals surface area contributed by atoms with Gasteiger partial charge in [0.1, 0.15) is 0 Å². The standard InChI is InChI=1S/C15H23NO/c1-15(2,3)14-11-13(4-7-16-14)10-12-5-8-17-9-6-12/h4,7,11-12H,5-6,8-10H2,1-3H3. The Hall–Kier alpha value is -0.890. The average Bonchev–Trinajstić information content (AvgIpc) is 2.29. The molecule has 1 saturated heterocycles. The number of pyridine rings is 1. The maximum Gasteiger partial charge on any atom is 0.0468 e. The molecule has 0 aliphatic carbocycles. The van der Waals surface area contributed by atoms with Crippen LogP contribution in [0.3, 0.4) is 0 Å². The van der Waals surface area contributed by atoms with Gasteiger partial charge in [0.25, 0.3) is 0 Å². The molecule has 0 spiro atoms. The number of nitrogens with zero attached hydrogens (tertiary/aromatic N) is 1. The summed E-state index contributed by atoms with van der Waals surface area (Å²) in [5.74, 6) is 0.791. The first kappa shape index (κ1) is 12.6. The molecule has 2 heteroatoms. The molecule has 0 aromatic carbocycles. The highest BCUT2D eigenvalue weighted by Gasteiger charge is 2.18. The molecule has 1 aliphatic heterocycles. The zero-order valence-electron chi connectivity index (χ0n) is 11.2. The second-order valence-corrected chi connectivity index (χ2v) is 6.06. The van der Waals surface area contributed by atoms with Crippen molar-refractivity contribution in [2.24, 2.45) is 5.92 Å². The van der Waals surface area contributed by atoms with E-state index < -0.39 is 0 Å². The van der Waals surface area contributed by atoms with E-state index in [2.05, 4.69) is 37.9 Å². The smallest absolute Gasteiger partial charge is 0.0468 e. The number of aromatic nitrogens is 1. The molecule has 2 rings (SSSR count). The van der Waals surface area contributed by atoms with Crippen LogP contribution in [-0.4, -0.2) is 18.2 Å². The van der Waals surface area contributed by atoms with Crippen LogP contribution in [0.15, 0.2) is 18.3 Å². The van der Waals surface area contributed by atoms with Gasteiger partial charge < -0.3 is 4.74 Å². The molecule has 1 aliphatic rings. The number of hydrogen-bond donors (Lipinski definition) is 0. The van der Waals surface area contributed by atoms with Gasteiger partial charge >= 0.3 is 0 Å². The summed E-state index contributed by atoms with van der Waals surface area (Å²) in [6, 6.07) is 4.43. The fraction of sp³-hybridized carbons (Fsp3) is 0.667. The summed E-state index contributed by atoms with van der Waals surface area (Å²) in [6.45, 7) is 8.51. The Balaban J connectivity index is 2.05. The van der Waals surface area contributed by atoms with Gasteiger partial charge in [-0.3, -0.25) is 4.98 Å². The Morgan fingerprint density at radius 1 is 1.29 bits per heavy atom. The number of rotatable bonds is 2. The molecular formula is C15H23NO. The van der Waals surface area contributed by atoms with Crippen molar-refractivity contribution in [1.29, 1.82) is 0 Å². The third kappa shape index (κ3) is 3.53. The lowest BCUT2D eigenvalue weighted by atomic mass is 9.88. The van der Waals surface area contributed by atoms with Gasteiger partial charge in [0.2, 0.25) is 0 Å². The molecule has 0 bridgehead atoms. The maximum absolute atomic E-state index is 5.40. The van der Waals surface area contributed by atoms with Crippen LogP contribution in [0.5, 0.6) is 0 Å². The number of ether oxygens (including phenoxy) is 1. The molecule has 2 nitrogen and oxygen atoms in total. The van der Waals surface area contributed by atoms with Gasteiger partial charge in [-0.2, -0.15) is 0 Å². The third-order valence-corrected chi connectivity index (χ3v) is 3.46. The summed E-state index contributed by atoms with van der Waals surface area (Å²) in [5, 5.41) is 0. The van der Waals surface area contributed by atoms with Gasteiger partial charge in [-0.1, -0.05) is 20.8 Å². The average molecular weight is 233 g/mol. The Morgan fingerprint density at radius 3 is 2.65 bits per heavy atom. The van der Waals surface area contributed by atoms with E-state index in [9.17, 15) is 0 Å². The summed E-state index contributed by atoms with van der Waals surface area (Å²) in [6.07, 6.45) is 5.53. The number of hydrogen-bond acceptors (Lipinski definition) is 2. The Labute approximate surface area is 104 Å². The molecule has 17 heavy (non-hydrogen) atoms. The van der Waals surface area contributed by atoms with E-state index in [0.717, 1.165) is 19.1 Å². The van der Waals surface area contributed by atoms with Gasteiger partial charge in [0.05, 0.1) is 0 Å². The molecule has 0 amide bonds. The Bertz CT molecular complexity index is 361. The Kier molecular flexibility index (Phi) is 3.82. The van der Waals surface area contributed by atoms with Crippen LogP contribution >= 0.6 is 0 Å². The van der Waals surface area contributed by atoms with E-state index >= 15 is 0 Å². The first-order valence-electron chi connectivity index (χ1n) is 6.59. The first-order valence-corrected chi connectivity index (χ1v) is 6.59. The van der Waals surface area contributed by atoms with Crippen molar-refractivity contribution in [2.75, 3.05) is 13.2 Å². The first-order chi connectivity index (χ1) is 8.05. The zero-order chi connectivity index (χ0) is 12.3. The largest absolute Gasteiger partial charge is 0.381 e. The van der Waals surface area contributed by atoms with Crippen molar-refractivity contribution in [3.05, 3.63) is 29.6 Å². The molecule has 1 fully saturated rings. The predicted octanol–water partition coefficient (Wildman–Crippen LogP) is 3.35. The van der Waals surface area contributed by atoms with Gasteiger partial charge in [0, 0.05) is 30.5 Å². The highest BCUT2D eigenvalue weighted by molar-refractivity contribution is 5.21. The van der Waals surface area contributed by atoms with E-state index in [1.807, 2.05) is 6.20 Å². The second-order valence-electron chi connectivity index (χ2n) is 6.06. The minimum Gasteiger partial charge on any atom is -0.381 e. The minimum atomic E-state index is 0.145. The summed E-state index contributed by atoms with van der Waals surface area (Å²) in [7, 11) is 0. The second kappa shape index (κ2) is 5.18. The van der Waals surface area contributed by atoms with Crippen LogP contribution in [-0.2, 0) is 16.6 Å². The van der Waals surface area contributed by atoms with Gasteiger partial charge in [-0.05, 0) is 42.9 Å². The van der Waals surface area contributed by atoms with Crippen LogP contribution in [0.2, 0.25) is 0 Å². The van der Waals surface area contributed by atoms with E-state index in [0.29, 0.717) is 0 Å². The Morgan fingerprint density at radius 2 is 2.00 bits per heavy atom. The van der Waals surface area contributed by atoms with Crippen LogP contribution in [0, 0.1) is 5.92 Å². The van der Waals surface area contributed by atoms with Crippen molar-refractivity contribution in [1.82, 2.24) is 4.98 Å². The summed E-state index contributed by atoms with van der Waals surface area (Å²) in [5.41, 5.74) is 2.77. The molecule has 0 unspecified atom stereocenters. The van der Waals surface area contributed by atoms with E-state index in [4.69, 9.17) is 4.74 Å². The van der Waals surface area contributed by atoms with E-state index in [1.54, 1.807) is 0 Å². The molecule has 0 saturated carbocycles. The zero-order valence-corrected chi connectivity index (χ0v) is 11.2. The van der Waals surface area contributed by atoms with Crippen LogP contribution in [0.1, 0.15) is 44.9 Å².